The Labute approximate surface area is 113 Å². The second-order valence-electron chi connectivity index (χ2n) is 4.42. The molecule has 0 saturated heterocycles. The third-order valence-electron chi connectivity index (χ3n) is 2.36. The summed E-state index contributed by atoms with van der Waals surface area (Å²) in [6.07, 6.45) is -0.539. The molecule has 0 saturated carbocycles. The molecule has 0 aromatic heterocycles. The number of benzene rings is 1. The van der Waals surface area contributed by atoms with E-state index < -0.39 is 12.1 Å². The predicted molar refractivity (Wildman–Crippen MR) is 69.8 cm³/mol. The fourth-order valence-corrected chi connectivity index (χ4v) is 1.51. The van der Waals surface area contributed by atoms with Gasteiger partial charge in [0.25, 0.3) is 0 Å². The van der Waals surface area contributed by atoms with Gasteiger partial charge >= 0.3 is 5.97 Å². The van der Waals surface area contributed by atoms with Gasteiger partial charge in [-0.1, -0.05) is 12.1 Å². The molecule has 0 bridgehead atoms. The van der Waals surface area contributed by atoms with E-state index in [1.165, 1.54) is 7.11 Å². The monoisotopic (exact) mass is 268 g/mol. The van der Waals surface area contributed by atoms with Crippen LogP contribution >= 0.6 is 0 Å². The molecule has 0 heterocycles. The van der Waals surface area contributed by atoms with E-state index >= 15 is 0 Å². The fourth-order valence-electron chi connectivity index (χ4n) is 1.51. The van der Waals surface area contributed by atoms with Crippen molar-refractivity contribution < 1.29 is 24.1 Å². The van der Waals surface area contributed by atoms with Gasteiger partial charge in [0, 0.05) is 13.5 Å². The van der Waals surface area contributed by atoms with Crippen molar-refractivity contribution in [3.05, 3.63) is 29.8 Å². The minimum atomic E-state index is -0.716. The standard InChI is InChI=1S/C14H20O5/c1-10(2)19-14(16)13(18-9-17-3)8-11-4-6-12(15)7-5-11/h4-7,10,13,15H,8-9H2,1-3H3. The van der Waals surface area contributed by atoms with Gasteiger partial charge in [0.2, 0.25) is 0 Å². The topological polar surface area (TPSA) is 65.0 Å². The van der Waals surface area contributed by atoms with Crippen molar-refractivity contribution in [3.63, 3.8) is 0 Å². The summed E-state index contributed by atoms with van der Waals surface area (Å²) in [5.41, 5.74) is 0.875. The van der Waals surface area contributed by atoms with Crippen LogP contribution in [0.5, 0.6) is 5.75 Å². The maximum absolute atomic E-state index is 11.9. The smallest absolute Gasteiger partial charge is 0.335 e. The maximum atomic E-state index is 11.9. The van der Waals surface area contributed by atoms with Crippen LogP contribution in [0.25, 0.3) is 0 Å². The predicted octanol–water partition coefficient (Wildman–Crippen LogP) is 1.88. The molecule has 0 fully saturated rings. The number of rotatable bonds is 7. The van der Waals surface area contributed by atoms with Crippen molar-refractivity contribution in [2.75, 3.05) is 13.9 Å². The van der Waals surface area contributed by atoms with Crippen molar-refractivity contribution in [2.45, 2.75) is 32.5 Å². The molecule has 5 nitrogen and oxygen atoms in total. The highest BCUT2D eigenvalue weighted by molar-refractivity contribution is 5.75. The molecule has 0 spiro atoms. The van der Waals surface area contributed by atoms with Crippen molar-refractivity contribution >= 4 is 5.97 Å². The van der Waals surface area contributed by atoms with Crippen LogP contribution in [-0.4, -0.2) is 37.2 Å². The molecule has 1 rings (SSSR count). The Bertz CT molecular complexity index is 385. The number of carbonyl (C=O) groups excluding carboxylic acids is 1. The molecule has 0 radical (unpaired) electrons. The van der Waals surface area contributed by atoms with Gasteiger partial charge in [0.05, 0.1) is 6.10 Å². The van der Waals surface area contributed by atoms with Crippen LogP contribution in [0.15, 0.2) is 24.3 Å². The van der Waals surface area contributed by atoms with Crippen LogP contribution in [0.1, 0.15) is 19.4 Å². The van der Waals surface area contributed by atoms with Gasteiger partial charge in [-0.15, -0.1) is 0 Å². The Morgan fingerprint density at radius 2 is 1.89 bits per heavy atom. The number of phenolic OH excluding ortho intramolecular Hbond substituents is 1. The first kappa shape index (κ1) is 15.5. The van der Waals surface area contributed by atoms with Crippen LogP contribution < -0.4 is 0 Å². The molecular formula is C14H20O5. The largest absolute Gasteiger partial charge is 0.508 e. The Morgan fingerprint density at radius 1 is 1.26 bits per heavy atom. The fraction of sp³-hybridized carbons (Fsp3) is 0.500. The number of carbonyl (C=O) groups is 1. The first-order valence-corrected chi connectivity index (χ1v) is 6.12. The van der Waals surface area contributed by atoms with Gasteiger partial charge in [-0.25, -0.2) is 4.79 Å². The van der Waals surface area contributed by atoms with Crippen molar-refractivity contribution in [1.82, 2.24) is 0 Å². The van der Waals surface area contributed by atoms with Crippen LogP contribution in [0, 0.1) is 0 Å². The lowest BCUT2D eigenvalue weighted by atomic mass is 10.1. The molecule has 106 valence electrons. The molecule has 1 atom stereocenters. The van der Waals surface area contributed by atoms with Gasteiger partial charge in [-0.2, -0.15) is 0 Å². The van der Waals surface area contributed by atoms with E-state index in [2.05, 4.69) is 0 Å². The van der Waals surface area contributed by atoms with Gasteiger partial charge in [-0.05, 0) is 31.5 Å². The third kappa shape index (κ3) is 5.72. The zero-order valence-corrected chi connectivity index (χ0v) is 11.5. The van der Waals surface area contributed by atoms with Crippen LogP contribution in [0.4, 0.5) is 0 Å². The Balaban J connectivity index is 2.67. The highest BCUT2D eigenvalue weighted by Crippen LogP contribution is 2.13. The van der Waals surface area contributed by atoms with E-state index in [0.29, 0.717) is 6.42 Å². The second kappa shape index (κ2) is 7.76. The number of hydrogen-bond donors (Lipinski definition) is 1. The molecule has 1 N–H and O–H groups in total. The quantitative estimate of drug-likeness (QED) is 0.604. The highest BCUT2D eigenvalue weighted by Gasteiger charge is 2.22. The van der Waals surface area contributed by atoms with Gasteiger partial charge in [0.1, 0.15) is 12.5 Å². The molecule has 0 aliphatic carbocycles. The molecule has 0 aliphatic rings. The zero-order chi connectivity index (χ0) is 14.3. The lowest BCUT2D eigenvalue weighted by Gasteiger charge is -2.18. The van der Waals surface area contributed by atoms with Crippen molar-refractivity contribution in [1.29, 1.82) is 0 Å². The number of aromatic hydroxyl groups is 1. The van der Waals surface area contributed by atoms with Crippen LogP contribution in [-0.2, 0) is 25.4 Å². The van der Waals surface area contributed by atoms with E-state index in [9.17, 15) is 9.90 Å². The Morgan fingerprint density at radius 3 is 2.42 bits per heavy atom. The molecule has 5 heteroatoms. The zero-order valence-electron chi connectivity index (χ0n) is 11.5. The highest BCUT2D eigenvalue weighted by atomic mass is 16.7. The van der Waals surface area contributed by atoms with E-state index in [-0.39, 0.29) is 18.6 Å². The summed E-state index contributed by atoms with van der Waals surface area (Å²) in [6.45, 7) is 3.59. The molecule has 1 aromatic carbocycles. The second-order valence-corrected chi connectivity index (χ2v) is 4.42. The molecular weight excluding hydrogens is 248 g/mol. The van der Waals surface area contributed by atoms with E-state index in [4.69, 9.17) is 14.2 Å². The van der Waals surface area contributed by atoms with Gasteiger partial charge in [0.15, 0.2) is 6.10 Å². The number of ether oxygens (including phenoxy) is 3. The van der Waals surface area contributed by atoms with Crippen molar-refractivity contribution in [2.24, 2.45) is 0 Å². The molecule has 1 unspecified atom stereocenters. The summed E-state index contributed by atoms with van der Waals surface area (Å²) >= 11 is 0. The summed E-state index contributed by atoms with van der Waals surface area (Å²) in [5.74, 6) is -0.233. The lowest BCUT2D eigenvalue weighted by molar-refractivity contribution is -0.168. The summed E-state index contributed by atoms with van der Waals surface area (Å²) in [6, 6.07) is 6.61. The van der Waals surface area contributed by atoms with Crippen molar-refractivity contribution in [3.8, 4) is 5.75 Å². The van der Waals surface area contributed by atoms with E-state index in [1.807, 2.05) is 0 Å². The molecule has 0 aliphatic heterocycles. The number of hydrogen-bond acceptors (Lipinski definition) is 5. The minimum Gasteiger partial charge on any atom is -0.508 e. The number of esters is 1. The summed E-state index contributed by atoms with van der Waals surface area (Å²) in [4.78, 5) is 11.9. The minimum absolute atomic E-state index is 0.0238. The SMILES string of the molecule is COCOC(Cc1ccc(O)cc1)C(=O)OC(C)C. The summed E-state index contributed by atoms with van der Waals surface area (Å²) in [5, 5.41) is 9.22. The molecule has 0 amide bonds. The van der Waals surface area contributed by atoms with Gasteiger partial charge in [-0.3, -0.25) is 0 Å². The maximum Gasteiger partial charge on any atom is 0.335 e. The third-order valence-corrected chi connectivity index (χ3v) is 2.36. The Hall–Kier alpha value is -1.59. The lowest BCUT2D eigenvalue weighted by Crippen LogP contribution is -2.31. The average molecular weight is 268 g/mol. The van der Waals surface area contributed by atoms with E-state index in [1.54, 1.807) is 38.1 Å². The van der Waals surface area contributed by atoms with Crippen LogP contribution in [0.3, 0.4) is 0 Å². The summed E-state index contributed by atoms with van der Waals surface area (Å²) in [7, 11) is 1.49. The number of methoxy groups -OCH3 is 1. The molecule has 19 heavy (non-hydrogen) atoms. The Kier molecular flexibility index (Phi) is 6.32. The van der Waals surface area contributed by atoms with E-state index in [0.717, 1.165) is 5.56 Å². The molecule has 1 aromatic rings. The average Bonchev–Trinajstić information content (AvgIpc) is 2.35. The number of phenols is 1. The normalized spacial score (nSPS) is 12.4. The first-order chi connectivity index (χ1) is 9.02. The first-order valence-electron chi connectivity index (χ1n) is 6.12. The van der Waals surface area contributed by atoms with Crippen LogP contribution in [0.2, 0.25) is 0 Å². The summed E-state index contributed by atoms with van der Waals surface area (Å²) < 4.78 is 15.3. The van der Waals surface area contributed by atoms with Gasteiger partial charge < -0.3 is 19.3 Å².